The first-order valence-corrected chi connectivity index (χ1v) is 8.87. The number of allylic oxidation sites excluding steroid dienone is 1. The van der Waals surface area contributed by atoms with E-state index in [2.05, 4.69) is 15.3 Å². The largest absolute Gasteiger partial charge is 0.311 e. The van der Waals surface area contributed by atoms with Crippen molar-refractivity contribution >= 4 is 51.4 Å². The van der Waals surface area contributed by atoms with Gasteiger partial charge < -0.3 is 5.32 Å². The van der Waals surface area contributed by atoms with Crippen molar-refractivity contribution in [2.75, 3.05) is 5.32 Å². The van der Waals surface area contributed by atoms with E-state index in [-0.39, 0.29) is 22.1 Å². The first-order chi connectivity index (χ1) is 11.0. The summed E-state index contributed by atoms with van der Waals surface area (Å²) >= 11 is 8.68. The molecule has 1 aliphatic heterocycles. The summed E-state index contributed by atoms with van der Waals surface area (Å²) in [7, 11) is 0. The molecule has 1 aliphatic rings. The van der Waals surface area contributed by atoms with Crippen LogP contribution in [0, 0.1) is 0 Å². The summed E-state index contributed by atoms with van der Waals surface area (Å²) in [6.07, 6.45) is 5.73. The number of thiazole rings is 1. The van der Waals surface area contributed by atoms with Gasteiger partial charge in [-0.1, -0.05) is 29.0 Å². The van der Waals surface area contributed by atoms with E-state index in [1.54, 1.807) is 18.5 Å². The fourth-order valence-electron chi connectivity index (χ4n) is 2.01. The number of nitrogens with one attached hydrogen (secondary N) is 1. The molecule has 3 heterocycles. The zero-order valence-electron chi connectivity index (χ0n) is 12.1. The fourth-order valence-corrected chi connectivity index (χ4v) is 4.17. The highest BCUT2D eigenvalue weighted by Crippen LogP contribution is 2.37. The summed E-state index contributed by atoms with van der Waals surface area (Å²) < 4.78 is 0. The van der Waals surface area contributed by atoms with Crippen molar-refractivity contribution in [1.29, 1.82) is 0 Å². The molecule has 0 fully saturated rings. The molecule has 118 valence electrons. The highest BCUT2D eigenvalue weighted by molar-refractivity contribution is 8.05. The molecule has 3 rings (SSSR count). The molecule has 0 aromatic carbocycles. The SMILES string of the molecule is CC(=O)C1CC=C(C(=O)Nc2sc(-c3cccnc3)nc2Cl)S1. The standard InChI is InChI=1S/C15H12ClN3O2S2/c1-8(20)10-4-5-11(22-10)13(21)19-15-12(16)18-14(23-15)9-3-2-6-17-7-9/h2-3,5-7,10H,4H2,1H3,(H,19,21). The molecule has 1 atom stereocenters. The average molecular weight is 366 g/mol. The molecule has 23 heavy (non-hydrogen) atoms. The second-order valence-electron chi connectivity index (χ2n) is 4.86. The van der Waals surface area contributed by atoms with Crippen molar-refractivity contribution in [1.82, 2.24) is 9.97 Å². The van der Waals surface area contributed by atoms with E-state index >= 15 is 0 Å². The van der Waals surface area contributed by atoms with Gasteiger partial charge in [-0.05, 0) is 25.5 Å². The zero-order chi connectivity index (χ0) is 16.4. The maximum absolute atomic E-state index is 12.3. The van der Waals surface area contributed by atoms with Crippen LogP contribution < -0.4 is 5.32 Å². The third kappa shape index (κ3) is 3.63. The number of aromatic nitrogens is 2. The van der Waals surface area contributed by atoms with Gasteiger partial charge in [0.1, 0.15) is 15.8 Å². The Hall–Kier alpha value is -1.70. The number of carbonyl (C=O) groups excluding carboxylic acids is 2. The number of anilines is 1. The summed E-state index contributed by atoms with van der Waals surface area (Å²) in [4.78, 5) is 32.5. The Bertz CT molecular complexity index is 789. The normalized spacial score (nSPS) is 17.0. The quantitative estimate of drug-likeness (QED) is 0.892. The van der Waals surface area contributed by atoms with Crippen molar-refractivity contribution in [3.05, 3.63) is 40.7 Å². The smallest absolute Gasteiger partial charge is 0.262 e. The van der Waals surface area contributed by atoms with Gasteiger partial charge in [0, 0.05) is 18.0 Å². The molecular weight excluding hydrogens is 354 g/mol. The van der Waals surface area contributed by atoms with Crippen LogP contribution >= 0.6 is 34.7 Å². The minimum atomic E-state index is -0.262. The predicted molar refractivity (Wildman–Crippen MR) is 93.7 cm³/mol. The van der Waals surface area contributed by atoms with Crippen LogP contribution in [0.4, 0.5) is 5.00 Å². The van der Waals surface area contributed by atoms with Crippen LogP contribution in [0.2, 0.25) is 5.15 Å². The molecule has 0 aliphatic carbocycles. The second-order valence-corrected chi connectivity index (χ2v) is 7.46. The molecule has 1 N–H and O–H groups in total. The lowest BCUT2D eigenvalue weighted by atomic mass is 10.2. The summed E-state index contributed by atoms with van der Waals surface area (Å²) in [5.74, 6) is -0.189. The fraction of sp³-hybridized carbons (Fsp3) is 0.200. The number of nitrogens with zero attached hydrogens (tertiary/aromatic N) is 2. The molecule has 0 saturated heterocycles. The van der Waals surface area contributed by atoms with Crippen LogP contribution in [0.25, 0.3) is 10.6 Å². The van der Waals surface area contributed by atoms with E-state index in [0.717, 1.165) is 5.56 Å². The minimum Gasteiger partial charge on any atom is -0.311 e. The van der Waals surface area contributed by atoms with Gasteiger partial charge in [-0.2, -0.15) is 0 Å². The maximum atomic E-state index is 12.3. The molecule has 8 heteroatoms. The van der Waals surface area contributed by atoms with Gasteiger partial charge in [0.05, 0.1) is 10.2 Å². The van der Waals surface area contributed by atoms with Crippen LogP contribution in [-0.4, -0.2) is 26.9 Å². The number of pyridine rings is 1. The summed E-state index contributed by atoms with van der Waals surface area (Å²) in [5, 5.41) is 4.02. The van der Waals surface area contributed by atoms with E-state index in [0.29, 0.717) is 21.3 Å². The average Bonchev–Trinajstić information content (AvgIpc) is 3.16. The molecule has 5 nitrogen and oxygen atoms in total. The molecule has 0 spiro atoms. The third-order valence-electron chi connectivity index (χ3n) is 3.19. The molecule has 1 unspecified atom stereocenters. The van der Waals surface area contributed by atoms with E-state index < -0.39 is 0 Å². The van der Waals surface area contributed by atoms with Crippen LogP contribution in [0.5, 0.6) is 0 Å². The number of ketones is 1. The van der Waals surface area contributed by atoms with Crippen molar-refractivity contribution in [2.24, 2.45) is 0 Å². The van der Waals surface area contributed by atoms with Crippen molar-refractivity contribution in [3.8, 4) is 10.6 Å². The molecule has 1 amide bonds. The topological polar surface area (TPSA) is 72.0 Å². The molecule has 2 aromatic heterocycles. The minimum absolute atomic E-state index is 0.0729. The lowest BCUT2D eigenvalue weighted by molar-refractivity contribution is -0.116. The van der Waals surface area contributed by atoms with Crippen LogP contribution in [0.15, 0.2) is 35.5 Å². The third-order valence-corrected chi connectivity index (χ3v) is 6.01. The van der Waals surface area contributed by atoms with Gasteiger partial charge in [-0.15, -0.1) is 11.8 Å². The van der Waals surface area contributed by atoms with E-state index in [1.165, 1.54) is 30.0 Å². The lowest BCUT2D eigenvalue weighted by Crippen LogP contribution is -2.13. The molecule has 2 aromatic rings. The van der Waals surface area contributed by atoms with Gasteiger partial charge in [0.2, 0.25) is 0 Å². The van der Waals surface area contributed by atoms with Gasteiger partial charge in [-0.25, -0.2) is 4.98 Å². The number of hydrogen-bond donors (Lipinski definition) is 1. The first kappa shape index (κ1) is 16.2. The second kappa shape index (κ2) is 6.82. The Morgan fingerprint density at radius 2 is 2.26 bits per heavy atom. The lowest BCUT2D eigenvalue weighted by Gasteiger charge is -2.05. The van der Waals surface area contributed by atoms with Crippen LogP contribution in [0.1, 0.15) is 13.3 Å². The van der Waals surface area contributed by atoms with Gasteiger partial charge in [0.25, 0.3) is 5.91 Å². The zero-order valence-corrected chi connectivity index (χ0v) is 14.5. The molecule has 0 radical (unpaired) electrons. The number of thioether (sulfide) groups is 1. The van der Waals surface area contributed by atoms with Gasteiger partial charge in [0.15, 0.2) is 5.15 Å². The van der Waals surface area contributed by atoms with Crippen LogP contribution in [-0.2, 0) is 9.59 Å². The monoisotopic (exact) mass is 365 g/mol. The number of Topliss-reactive ketones (excluding diaryl/α,β-unsaturated/α-hetero) is 1. The Morgan fingerprint density at radius 3 is 2.91 bits per heavy atom. The Kier molecular flexibility index (Phi) is 4.79. The summed E-state index contributed by atoms with van der Waals surface area (Å²) in [6.45, 7) is 1.53. The number of halogens is 1. The highest BCUT2D eigenvalue weighted by Gasteiger charge is 2.26. The number of rotatable bonds is 4. The highest BCUT2D eigenvalue weighted by atomic mass is 35.5. The molecule has 0 bridgehead atoms. The Balaban J connectivity index is 1.73. The van der Waals surface area contributed by atoms with Gasteiger partial charge in [-0.3, -0.25) is 14.6 Å². The van der Waals surface area contributed by atoms with Crippen molar-refractivity contribution in [2.45, 2.75) is 18.6 Å². The molecular formula is C15H12ClN3O2S2. The van der Waals surface area contributed by atoms with Gasteiger partial charge >= 0.3 is 0 Å². The van der Waals surface area contributed by atoms with E-state index in [9.17, 15) is 9.59 Å². The predicted octanol–water partition coefficient (Wildman–Crippen LogP) is 3.78. The first-order valence-electron chi connectivity index (χ1n) is 6.80. The van der Waals surface area contributed by atoms with Crippen molar-refractivity contribution < 1.29 is 9.59 Å². The number of amides is 1. The number of hydrogen-bond acceptors (Lipinski definition) is 6. The summed E-state index contributed by atoms with van der Waals surface area (Å²) in [5.41, 5.74) is 0.839. The van der Waals surface area contributed by atoms with E-state index in [1.807, 2.05) is 12.1 Å². The Labute approximate surface area is 146 Å². The number of carbonyl (C=O) groups is 2. The maximum Gasteiger partial charge on any atom is 0.262 e. The van der Waals surface area contributed by atoms with Crippen molar-refractivity contribution in [3.63, 3.8) is 0 Å². The van der Waals surface area contributed by atoms with Crippen LogP contribution in [0.3, 0.4) is 0 Å². The van der Waals surface area contributed by atoms with E-state index in [4.69, 9.17) is 11.6 Å². The summed E-state index contributed by atoms with van der Waals surface area (Å²) in [6, 6.07) is 3.69. The molecule has 0 saturated carbocycles. The Morgan fingerprint density at radius 1 is 1.43 bits per heavy atom.